The van der Waals surface area contributed by atoms with Gasteiger partial charge in [0.2, 0.25) is 0 Å². The molecule has 0 saturated carbocycles. The first-order valence-electron chi connectivity index (χ1n) is 8.45. The van der Waals surface area contributed by atoms with E-state index in [1.54, 1.807) is 12.1 Å². The molecule has 3 nitrogen and oxygen atoms in total. The fourth-order valence-electron chi connectivity index (χ4n) is 2.49. The Kier molecular flexibility index (Phi) is 7.25. The summed E-state index contributed by atoms with van der Waals surface area (Å²) in [7, 11) is 0. The molecule has 1 aromatic carbocycles. The van der Waals surface area contributed by atoms with Gasteiger partial charge in [-0.3, -0.25) is 5.32 Å². The molecule has 1 unspecified atom stereocenters. The van der Waals surface area contributed by atoms with Crippen molar-refractivity contribution in [2.45, 2.75) is 52.1 Å². The molecule has 0 bridgehead atoms. The lowest BCUT2D eigenvalue weighted by Crippen LogP contribution is -2.22. The quantitative estimate of drug-likeness (QED) is 0.555. The van der Waals surface area contributed by atoms with Gasteiger partial charge in [0.05, 0.1) is 10.6 Å². The smallest absolute Gasteiger partial charge is 0.411 e. The van der Waals surface area contributed by atoms with E-state index in [0.717, 1.165) is 42.5 Å². The lowest BCUT2D eigenvalue weighted by molar-refractivity contribution is 0.101. The number of benzene rings is 1. The van der Waals surface area contributed by atoms with E-state index in [4.69, 9.17) is 4.74 Å². The van der Waals surface area contributed by atoms with Crippen molar-refractivity contribution in [2.24, 2.45) is 0 Å². The van der Waals surface area contributed by atoms with Gasteiger partial charge in [0, 0.05) is 0 Å². The third kappa shape index (κ3) is 5.34. The maximum Gasteiger partial charge on any atom is 0.411 e. The van der Waals surface area contributed by atoms with Crippen LogP contribution in [0.2, 0.25) is 0 Å². The highest BCUT2D eigenvalue weighted by Crippen LogP contribution is 2.33. The van der Waals surface area contributed by atoms with Crippen molar-refractivity contribution >= 4 is 23.1 Å². The van der Waals surface area contributed by atoms with Crippen LogP contribution in [0, 0.1) is 5.82 Å². The van der Waals surface area contributed by atoms with Crippen molar-refractivity contribution in [1.82, 2.24) is 0 Å². The zero-order chi connectivity index (χ0) is 17.4. The molecule has 0 aliphatic rings. The molecule has 1 amide bonds. The van der Waals surface area contributed by atoms with Crippen molar-refractivity contribution in [3.05, 3.63) is 41.5 Å². The molecule has 0 spiro atoms. The molecule has 1 aromatic heterocycles. The number of carbonyl (C=O) groups is 1. The standard InChI is InChI=1S/C19H24FNO2S/c1-3-5-6-7-16(4-2)23-19(22)21-17-12-13-24-18(17)14-8-10-15(20)11-9-14/h8-13,16H,3-7H2,1-2H3,(H,21,22). The maximum atomic E-state index is 13.1. The zero-order valence-electron chi connectivity index (χ0n) is 14.2. The second kappa shape index (κ2) is 9.42. The molecule has 0 fully saturated rings. The van der Waals surface area contributed by atoms with Gasteiger partial charge >= 0.3 is 6.09 Å². The summed E-state index contributed by atoms with van der Waals surface area (Å²) in [5.41, 5.74) is 1.57. The number of amides is 1. The fraction of sp³-hybridized carbons (Fsp3) is 0.421. The Labute approximate surface area is 146 Å². The van der Waals surface area contributed by atoms with Gasteiger partial charge in [-0.15, -0.1) is 11.3 Å². The third-order valence-electron chi connectivity index (χ3n) is 3.87. The molecule has 1 atom stereocenters. The van der Waals surface area contributed by atoms with Crippen LogP contribution in [0.4, 0.5) is 14.9 Å². The highest BCUT2D eigenvalue weighted by Gasteiger charge is 2.15. The number of carbonyl (C=O) groups excluding carboxylic acids is 1. The molecule has 0 aliphatic heterocycles. The van der Waals surface area contributed by atoms with Gasteiger partial charge in [-0.25, -0.2) is 9.18 Å². The monoisotopic (exact) mass is 349 g/mol. The Bertz CT molecular complexity index is 639. The van der Waals surface area contributed by atoms with Crippen molar-refractivity contribution in [2.75, 3.05) is 5.32 Å². The van der Waals surface area contributed by atoms with Crippen LogP contribution in [-0.2, 0) is 4.74 Å². The van der Waals surface area contributed by atoms with Gasteiger partial charge in [-0.2, -0.15) is 0 Å². The SMILES string of the molecule is CCCCCC(CC)OC(=O)Nc1ccsc1-c1ccc(F)cc1. The van der Waals surface area contributed by atoms with Crippen LogP contribution in [0.3, 0.4) is 0 Å². The predicted octanol–water partition coefficient (Wildman–Crippen LogP) is 6.46. The Morgan fingerprint density at radius 3 is 2.62 bits per heavy atom. The third-order valence-corrected chi connectivity index (χ3v) is 4.83. The molecule has 2 aromatic rings. The van der Waals surface area contributed by atoms with Crippen LogP contribution in [0.5, 0.6) is 0 Å². The van der Waals surface area contributed by atoms with Crippen molar-refractivity contribution < 1.29 is 13.9 Å². The summed E-state index contributed by atoms with van der Waals surface area (Å²) in [6.07, 6.45) is 4.60. The topological polar surface area (TPSA) is 38.3 Å². The molecule has 0 aliphatic carbocycles. The fourth-order valence-corrected chi connectivity index (χ4v) is 3.35. The van der Waals surface area contributed by atoms with Crippen LogP contribution in [0.25, 0.3) is 10.4 Å². The molecule has 0 radical (unpaired) electrons. The molecule has 24 heavy (non-hydrogen) atoms. The number of ether oxygens (including phenoxy) is 1. The molecule has 2 rings (SSSR count). The summed E-state index contributed by atoms with van der Waals surface area (Å²) in [6, 6.07) is 8.08. The summed E-state index contributed by atoms with van der Waals surface area (Å²) >= 11 is 1.50. The number of halogens is 1. The van der Waals surface area contributed by atoms with Crippen LogP contribution < -0.4 is 5.32 Å². The van der Waals surface area contributed by atoms with Gasteiger partial charge in [-0.1, -0.05) is 38.8 Å². The first-order valence-corrected chi connectivity index (χ1v) is 9.33. The van der Waals surface area contributed by atoms with Crippen LogP contribution in [-0.4, -0.2) is 12.2 Å². The number of thiophene rings is 1. The average Bonchev–Trinajstić information content (AvgIpc) is 3.02. The second-order valence-corrected chi connectivity index (χ2v) is 6.64. The molecular formula is C19H24FNO2S. The predicted molar refractivity (Wildman–Crippen MR) is 98.0 cm³/mol. The van der Waals surface area contributed by atoms with E-state index in [1.165, 1.54) is 23.5 Å². The largest absolute Gasteiger partial charge is 0.446 e. The molecular weight excluding hydrogens is 325 g/mol. The number of unbranched alkanes of at least 4 members (excludes halogenated alkanes) is 2. The average molecular weight is 349 g/mol. The summed E-state index contributed by atoms with van der Waals surface area (Å²) < 4.78 is 18.6. The number of anilines is 1. The molecule has 5 heteroatoms. The maximum absolute atomic E-state index is 13.1. The minimum absolute atomic E-state index is 0.0514. The summed E-state index contributed by atoms with van der Waals surface area (Å²) in [5.74, 6) is -0.276. The van der Waals surface area contributed by atoms with Crippen LogP contribution in [0.1, 0.15) is 46.0 Å². The normalized spacial score (nSPS) is 12.0. The number of hydrogen-bond acceptors (Lipinski definition) is 3. The van der Waals surface area contributed by atoms with E-state index < -0.39 is 6.09 Å². The Balaban J connectivity index is 1.97. The van der Waals surface area contributed by atoms with Crippen molar-refractivity contribution in [1.29, 1.82) is 0 Å². The van der Waals surface area contributed by atoms with E-state index in [0.29, 0.717) is 5.69 Å². The first kappa shape index (κ1) is 18.5. The van der Waals surface area contributed by atoms with Gasteiger partial charge in [-0.05, 0) is 48.4 Å². The summed E-state index contributed by atoms with van der Waals surface area (Å²) in [4.78, 5) is 13.1. The lowest BCUT2D eigenvalue weighted by atomic mass is 10.1. The Morgan fingerprint density at radius 1 is 1.21 bits per heavy atom. The van der Waals surface area contributed by atoms with Gasteiger partial charge < -0.3 is 4.74 Å². The number of nitrogens with one attached hydrogen (secondary N) is 1. The van der Waals surface area contributed by atoms with Gasteiger partial charge in [0.25, 0.3) is 0 Å². The second-order valence-electron chi connectivity index (χ2n) is 5.73. The Morgan fingerprint density at radius 2 is 1.96 bits per heavy atom. The van der Waals surface area contributed by atoms with Crippen LogP contribution in [0.15, 0.2) is 35.7 Å². The Hall–Kier alpha value is -1.88. The van der Waals surface area contributed by atoms with Gasteiger partial charge in [0.1, 0.15) is 11.9 Å². The van der Waals surface area contributed by atoms with E-state index in [1.807, 2.05) is 18.4 Å². The number of rotatable bonds is 8. The van der Waals surface area contributed by atoms with E-state index in [9.17, 15) is 9.18 Å². The minimum atomic E-state index is -0.430. The highest BCUT2D eigenvalue weighted by atomic mass is 32.1. The molecule has 0 saturated heterocycles. The molecule has 1 heterocycles. The van der Waals surface area contributed by atoms with E-state index >= 15 is 0 Å². The highest BCUT2D eigenvalue weighted by molar-refractivity contribution is 7.14. The van der Waals surface area contributed by atoms with E-state index in [-0.39, 0.29) is 11.9 Å². The van der Waals surface area contributed by atoms with Crippen molar-refractivity contribution in [3.8, 4) is 10.4 Å². The lowest BCUT2D eigenvalue weighted by Gasteiger charge is -2.16. The minimum Gasteiger partial charge on any atom is -0.446 e. The van der Waals surface area contributed by atoms with Crippen molar-refractivity contribution in [3.63, 3.8) is 0 Å². The summed E-state index contributed by atoms with van der Waals surface area (Å²) in [5, 5.41) is 4.71. The first-order chi connectivity index (χ1) is 11.6. The number of hydrogen-bond donors (Lipinski definition) is 1. The van der Waals surface area contributed by atoms with E-state index in [2.05, 4.69) is 12.2 Å². The molecule has 1 N–H and O–H groups in total. The summed E-state index contributed by atoms with van der Waals surface area (Å²) in [6.45, 7) is 4.18. The molecule has 130 valence electrons. The van der Waals surface area contributed by atoms with Gasteiger partial charge in [0.15, 0.2) is 0 Å². The zero-order valence-corrected chi connectivity index (χ0v) is 15.0. The van der Waals surface area contributed by atoms with Crippen LogP contribution >= 0.6 is 11.3 Å².